The van der Waals surface area contributed by atoms with E-state index in [1.807, 2.05) is 6.07 Å². The van der Waals surface area contributed by atoms with Crippen molar-refractivity contribution in [2.24, 2.45) is 5.92 Å². The number of thioether (sulfide) groups is 1. The van der Waals surface area contributed by atoms with E-state index in [1.54, 1.807) is 60.0 Å². The summed E-state index contributed by atoms with van der Waals surface area (Å²) in [5.74, 6) is -0.529. The number of amides is 1. The molecule has 1 N–H and O–H groups in total. The number of pyridine rings is 1. The van der Waals surface area contributed by atoms with Gasteiger partial charge in [0.1, 0.15) is 17.2 Å². The average molecular weight is 674 g/mol. The summed E-state index contributed by atoms with van der Waals surface area (Å²) in [6, 6.07) is 15.7. The highest BCUT2D eigenvalue weighted by Crippen LogP contribution is 2.46. The molecule has 1 fully saturated rings. The Morgan fingerprint density at radius 1 is 1.09 bits per heavy atom. The van der Waals surface area contributed by atoms with Crippen LogP contribution in [0.3, 0.4) is 0 Å². The summed E-state index contributed by atoms with van der Waals surface area (Å²) < 4.78 is 27.3. The zero-order chi connectivity index (χ0) is 33.2. The first-order valence-corrected chi connectivity index (χ1v) is 16.7. The number of methoxy groups -OCH3 is 1. The van der Waals surface area contributed by atoms with Crippen LogP contribution in [0.25, 0.3) is 11.4 Å². The maximum absolute atomic E-state index is 13.9. The van der Waals surface area contributed by atoms with Crippen molar-refractivity contribution in [1.29, 1.82) is 0 Å². The third kappa shape index (κ3) is 6.45. The van der Waals surface area contributed by atoms with Crippen molar-refractivity contribution in [2.75, 3.05) is 18.6 Å². The summed E-state index contributed by atoms with van der Waals surface area (Å²) in [6.07, 6.45) is 2.58. The largest absolute Gasteiger partial charge is 0.505 e. The molecular weight excluding hydrogens is 642 g/mol. The molecular formula is C34H32FN5O5S2. The monoisotopic (exact) mass is 673 g/mol. The van der Waals surface area contributed by atoms with Crippen molar-refractivity contribution in [3.05, 3.63) is 101 Å². The average Bonchev–Trinajstić information content (AvgIpc) is 3.73. The number of fused-ring (bicyclic) bond motifs is 1. The molecule has 0 radical (unpaired) electrons. The van der Waals surface area contributed by atoms with Crippen LogP contribution in [0.15, 0.2) is 76.8 Å². The number of ketones is 1. The molecule has 1 aliphatic heterocycles. The minimum absolute atomic E-state index is 0.116. The number of anilines is 1. The second kappa shape index (κ2) is 13.5. The fourth-order valence-corrected chi connectivity index (χ4v) is 7.16. The summed E-state index contributed by atoms with van der Waals surface area (Å²) in [7, 11) is 1.52. The van der Waals surface area contributed by atoms with Crippen molar-refractivity contribution in [3.63, 3.8) is 0 Å². The van der Waals surface area contributed by atoms with Crippen molar-refractivity contribution >= 4 is 51.3 Å². The van der Waals surface area contributed by atoms with E-state index in [0.29, 0.717) is 56.7 Å². The lowest BCUT2D eigenvalue weighted by Crippen LogP contribution is -2.29. The van der Waals surface area contributed by atoms with Gasteiger partial charge in [0.15, 0.2) is 21.6 Å². The molecule has 5 aromatic rings. The number of aryl methyl sites for hydroxylation is 1. The van der Waals surface area contributed by atoms with E-state index in [4.69, 9.17) is 9.47 Å². The van der Waals surface area contributed by atoms with Gasteiger partial charge in [0.2, 0.25) is 5.13 Å². The molecule has 4 heterocycles. The van der Waals surface area contributed by atoms with Gasteiger partial charge >= 0.3 is 5.91 Å². The molecule has 13 heteroatoms. The second-order valence-corrected chi connectivity index (χ2v) is 13.5. The van der Waals surface area contributed by atoms with Crippen LogP contribution in [-0.2, 0) is 15.3 Å². The fourth-order valence-electron chi connectivity index (χ4n) is 5.33. The van der Waals surface area contributed by atoms with Gasteiger partial charge in [0.05, 0.1) is 31.0 Å². The molecule has 242 valence electrons. The number of nitrogens with zero attached hydrogens (tertiary/aromatic N) is 5. The van der Waals surface area contributed by atoms with Crippen LogP contribution in [0.2, 0.25) is 0 Å². The molecule has 0 saturated carbocycles. The summed E-state index contributed by atoms with van der Waals surface area (Å²) in [6.45, 7) is 6.44. The number of ether oxygens (including phenoxy) is 2. The van der Waals surface area contributed by atoms with E-state index in [9.17, 15) is 19.1 Å². The molecule has 1 atom stereocenters. The van der Waals surface area contributed by atoms with Crippen LogP contribution in [-0.4, -0.2) is 50.1 Å². The lowest BCUT2D eigenvalue weighted by atomic mass is 9.96. The van der Waals surface area contributed by atoms with E-state index < -0.39 is 17.7 Å². The SMILES string of the molecule is COc1cc(C2/C(=C(\O)c3c(C)nc4ccccn34)C(=O)C(=O)N2c2nnc(SCc3ccc(F)cc3)s2)ccc1OCCC(C)C. The molecule has 3 aromatic heterocycles. The molecule has 1 saturated heterocycles. The number of aliphatic hydroxyl groups is 1. The van der Waals surface area contributed by atoms with Gasteiger partial charge in [0.25, 0.3) is 5.78 Å². The summed E-state index contributed by atoms with van der Waals surface area (Å²) in [4.78, 5) is 33.5. The number of carbonyl (C=O) groups excluding carboxylic acids is 2. The molecule has 0 bridgehead atoms. The van der Waals surface area contributed by atoms with Gasteiger partial charge < -0.3 is 14.6 Å². The van der Waals surface area contributed by atoms with Crippen LogP contribution in [0.4, 0.5) is 9.52 Å². The summed E-state index contributed by atoms with van der Waals surface area (Å²) >= 11 is 2.52. The highest BCUT2D eigenvalue weighted by atomic mass is 32.2. The van der Waals surface area contributed by atoms with Crippen molar-refractivity contribution in [3.8, 4) is 11.5 Å². The van der Waals surface area contributed by atoms with Gasteiger partial charge in [-0.05, 0) is 66.8 Å². The Kier molecular flexibility index (Phi) is 9.28. The summed E-state index contributed by atoms with van der Waals surface area (Å²) in [5.41, 5.74) is 2.64. The first kappa shape index (κ1) is 32.2. The number of rotatable bonds is 11. The zero-order valence-electron chi connectivity index (χ0n) is 26.1. The minimum atomic E-state index is -1.06. The van der Waals surface area contributed by atoms with Crippen molar-refractivity contribution < 1.29 is 28.6 Å². The third-order valence-electron chi connectivity index (χ3n) is 7.71. The normalized spacial score (nSPS) is 16.0. The zero-order valence-corrected chi connectivity index (χ0v) is 27.8. The van der Waals surface area contributed by atoms with E-state index >= 15 is 0 Å². The molecule has 1 aliphatic rings. The highest BCUT2D eigenvalue weighted by molar-refractivity contribution is 8.00. The number of benzene rings is 2. The Hall–Kier alpha value is -4.75. The maximum atomic E-state index is 13.9. The van der Waals surface area contributed by atoms with Crippen LogP contribution in [0.1, 0.15) is 48.8 Å². The Morgan fingerprint density at radius 2 is 1.87 bits per heavy atom. The number of imidazole rings is 1. The fraction of sp³-hybridized carbons (Fsp3) is 0.265. The number of Topliss-reactive ketones (excluding diaryl/α,β-unsaturated/α-hetero) is 1. The standard InChI is InChI=1S/C34H32FN5O5S2/c1-19(2)14-16-45-24-13-10-22(17-25(24)44-4)29-27(30(41)28-20(3)36-26-7-5-6-15-39(26)28)31(42)32(43)40(29)33-37-38-34(47-33)46-18-21-8-11-23(35)12-9-21/h5-13,15,17,19,29,41H,14,16,18H2,1-4H3/b30-27+. The quantitative estimate of drug-likeness (QED) is 0.0521. The molecule has 47 heavy (non-hydrogen) atoms. The predicted octanol–water partition coefficient (Wildman–Crippen LogP) is 6.99. The second-order valence-electron chi connectivity index (χ2n) is 11.4. The third-order valence-corrected chi connectivity index (χ3v) is 9.83. The van der Waals surface area contributed by atoms with Crippen LogP contribution < -0.4 is 14.4 Å². The van der Waals surface area contributed by atoms with E-state index in [2.05, 4.69) is 29.0 Å². The van der Waals surface area contributed by atoms with Crippen LogP contribution in [0.5, 0.6) is 11.5 Å². The minimum Gasteiger partial charge on any atom is -0.505 e. The number of aromatic nitrogens is 4. The predicted molar refractivity (Wildman–Crippen MR) is 179 cm³/mol. The molecule has 1 amide bonds. The van der Waals surface area contributed by atoms with Gasteiger partial charge in [-0.2, -0.15) is 0 Å². The van der Waals surface area contributed by atoms with Gasteiger partial charge in [-0.3, -0.25) is 18.9 Å². The van der Waals surface area contributed by atoms with Crippen molar-refractivity contribution in [1.82, 2.24) is 19.6 Å². The van der Waals surface area contributed by atoms with Gasteiger partial charge in [-0.15, -0.1) is 10.2 Å². The van der Waals surface area contributed by atoms with Gasteiger partial charge in [-0.25, -0.2) is 9.37 Å². The van der Waals surface area contributed by atoms with Gasteiger partial charge in [-0.1, -0.05) is 61.2 Å². The Bertz CT molecular complexity index is 1990. The summed E-state index contributed by atoms with van der Waals surface area (Å²) in [5, 5.41) is 20.6. The molecule has 6 rings (SSSR count). The number of aliphatic hydroxyl groups excluding tert-OH is 1. The molecule has 10 nitrogen and oxygen atoms in total. The van der Waals surface area contributed by atoms with E-state index in [1.165, 1.54) is 35.9 Å². The Balaban J connectivity index is 1.43. The lowest BCUT2D eigenvalue weighted by molar-refractivity contribution is -0.132. The number of halogens is 1. The molecule has 0 aliphatic carbocycles. The van der Waals surface area contributed by atoms with E-state index in [0.717, 1.165) is 23.3 Å². The van der Waals surface area contributed by atoms with Crippen molar-refractivity contribution in [2.45, 2.75) is 43.3 Å². The lowest BCUT2D eigenvalue weighted by Gasteiger charge is -2.23. The van der Waals surface area contributed by atoms with Crippen LogP contribution in [0, 0.1) is 18.7 Å². The highest BCUT2D eigenvalue weighted by Gasteiger charge is 2.49. The molecule has 0 spiro atoms. The Labute approximate surface area is 278 Å². The maximum Gasteiger partial charge on any atom is 0.301 e. The smallest absolute Gasteiger partial charge is 0.301 e. The first-order valence-electron chi connectivity index (χ1n) is 14.9. The Morgan fingerprint density at radius 3 is 2.62 bits per heavy atom. The molecule has 2 aromatic carbocycles. The van der Waals surface area contributed by atoms with Crippen LogP contribution >= 0.6 is 23.1 Å². The molecule has 1 unspecified atom stereocenters. The number of hydrogen-bond donors (Lipinski definition) is 1. The topological polar surface area (TPSA) is 119 Å². The first-order chi connectivity index (χ1) is 22.7. The van der Waals surface area contributed by atoms with Gasteiger partial charge in [0, 0.05) is 11.9 Å². The number of hydrogen-bond acceptors (Lipinski definition) is 10. The van der Waals surface area contributed by atoms with E-state index in [-0.39, 0.29) is 22.3 Å². The number of carbonyl (C=O) groups is 2.